The van der Waals surface area contributed by atoms with Crippen LogP contribution >= 0.6 is 0 Å². The van der Waals surface area contributed by atoms with Gasteiger partial charge in [0.25, 0.3) is 0 Å². The molecule has 1 saturated carbocycles. The third-order valence-electron chi connectivity index (χ3n) is 3.82. The summed E-state index contributed by atoms with van der Waals surface area (Å²) >= 11 is 0. The van der Waals surface area contributed by atoms with E-state index in [-0.39, 0.29) is 0 Å². The molecule has 0 amide bonds. The van der Waals surface area contributed by atoms with Gasteiger partial charge in [0.15, 0.2) is 0 Å². The molecule has 1 heterocycles. The topological polar surface area (TPSA) is 30.5 Å². The molecule has 3 heteroatoms. The largest absolute Gasteiger partial charge is 0.491 e. The van der Waals surface area contributed by atoms with Crippen molar-refractivity contribution >= 4 is 0 Å². The first kappa shape index (κ1) is 11.8. The van der Waals surface area contributed by atoms with Gasteiger partial charge < -0.3 is 14.8 Å². The first-order valence-corrected chi connectivity index (χ1v) is 7.03. The zero-order valence-electron chi connectivity index (χ0n) is 10.9. The molecule has 1 unspecified atom stereocenters. The Bertz CT molecular complexity index is 413. The van der Waals surface area contributed by atoms with E-state index in [2.05, 4.69) is 24.4 Å². The summed E-state index contributed by atoms with van der Waals surface area (Å²) in [5.41, 5.74) is 1.26. The van der Waals surface area contributed by atoms with E-state index in [1.165, 1.54) is 31.2 Å². The van der Waals surface area contributed by atoms with Crippen molar-refractivity contribution in [3.63, 3.8) is 0 Å². The van der Waals surface area contributed by atoms with Crippen LogP contribution < -0.4 is 14.8 Å². The van der Waals surface area contributed by atoms with Gasteiger partial charge >= 0.3 is 0 Å². The average Bonchev–Trinajstić information content (AvgIpc) is 3.00. The number of rotatable bonds is 4. The highest BCUT2D eigenvalue weighted by molar-refractivity contribution is 5.45. The highest BCUT2D eigenvalue weighted by Crippen LogP contribution is 2.36. The van der Waals surface area contributed by atoms with Crippen molar-refractivity contribution in [2.24, 2.45) is 0 Å². The fourth-order valence-electron chi connectivity index (χ4n) is 2.88. The van der Waals surface area contributed by atoms with Crippen LogP contribution in [0.2, 0.25) is 0 Å². The summed E-state index contributed by atoms with van der Waals surface area (Å²) in [5.74, 6) is 1.94. The Morgan fingerprint density at radius 1 is 1.33 bits per heavy atom. The van der Waals surface area contributed by atoms with Gasteiger partial charge in [0.2, 0.25) is 0 Å². The van der Waals surface area contributed by atoms with E-state index in [1.54, 1.807) is 0 Å². The van der Waals surface area contributed by atoms with Gasteiger partial charge in [0, 0.05) is 11.6 Å². The van der Waals surface area contributed by atoms with E-state index >= 15 is 0 Å². The van der Waals surface area contributed by atoms with E-state index in [9.17, 15) is 0 Å². The van der Waals surface area contributed by atoms with Crippen LogP contribution in [0.25, 0.3) is 0 Å². The molecule has 0 bridgehead atoms. The maximum Gasteiger partial charge on any atom is 0.128 e. The van der Waals surface area contributed by atoms with Crippen LogP contribution in [0.3, 0.4) is 0 Å². The molecule has 1 N–H and O–H groups in total. The summed E-state index contributed by atoms with van der Waals surface area (Å²) in [4.78, 5) is 0. The van der Waals surface area contributed by atoms with Crippen molar-refractivity contribution in [2.75, 3.05) is 13.2 Å². The predicted octanol–water partition coefficient (Wildman–Crippen LogP) is 3.05. The third kappa shape index (κ3) is 2.32. The number of benzene rings is 1. The van der Waals surface area contributed by atoms with Crippen LogP contribution in [0.4, 0.5) is 0 Å². The lowest BCUT2D eigenvalue weighted by molar-refractivity contribution is 0.209. The van der Waals surface area contributed by atoms with Gasteiger partial charge in [-0.1, -0.05) is 6.92 Å². The summed E-state index contributed by atoms with van der Waals surface area (Å²) in [6, 6.07) is 6.60. The van der Waals surface area contributed by atoms with Crippen LogP contribution in [0.15, 0.2) is 18.2 Å². The SMILES string of the molecule is CCNC1COc2cc(OC3CCCC3)ccc21. The van der Waals surface area contributed by atoms with E-state index in [4.69, 9.17) is 9.47 Å². The van der Waals surface area contributed by atoms with Gasteiger partial charge in [0.05, 0.1) is 12.1 Å². The van der Waals surface area contributed by atoms with Gasteiger partial charge in [-0.2, -0.15) is 0 Å². The summed E-state index contributed by atoms with van der Waals surface area (Å²) < 4.78 is 11.7. The summed E-state index contributed by atoms with van der Waals surface area (Å²) in [5, 5.41) is 3.43. The van der Waals surface area contributed by atoms with Gasteiger partial charge in [-0.05, 0) is 44.4 Å². The van der Waals surface area contributed by atoms with Crippen LogP contribution in [-0.2, 0) is 0 Å². The molecule has 18 heavy (non-hydrogen) atoms. The Kier molecular flexibility index (Phi) is 3.41. The van der Waals surface area contributed by atoms with Crippen molar-refractivity contribution in [3.05, 3.63) is 23.8 Å². The molecule has 0 aromatic heterocycles. The fraction of sp³-hybridized carbons (Fsp3) is 0.600. The zero-order chi connectivity index (χ0) is 12.4. The first-order chi connectivity index (χ1) is 8.86. The summed E-state index contributed by atoms with van der Waals surface area (Å²) in [6.07, 6.45) is 5.40. The molecule has 3 nitrogen and oxygen atoms in total. The smallest absolute Gasteiger partial charge is 0.128 e. The quantitative estimate of drug-likeness (QED) is 0.887. The Morgan fingerprint density at radius 2 is 2.17 bits per heavy atom. The molecular formula is C15H21NO2. The second-order valence-electron chi connectivity index (χ2n) is 5.15. The van der Waals surface area contributed by atoms with Gasteiger partial charge in [-0.15, -0.1) is 0 Å². The summed E-state index contributed by atoms with van der Waals surface area (Å²) in [7, 11) is 0. The Labute approximate surface area is 108 Å². The number of ether oxygens (including phenoxy) is 2. The number of fused-ring (bicyclic) bond motifs is 1. The van der Waals surface area contributed by atoms with Gasteiger partial charge in [-0.3, -0.25) is 0 Å². The van der Waals surface area contributed by atoms with Crippen molar-refractivity contribution in [1.82, 2.24) is 5.32 Å². The van der Waals surface area contributed by atoms with E-state index in [0.29, 0.717) is 12.1 Å². The Hall–Kier alpha value is -1.22. The average molecular weight is 247 g/mol. The lowest BCUT2D eigenvalue weighted by Crippen LogP contribution is -2.21. The number of hydrogen-bond acceptors (Lipinski definition) is 3. The number of hydrogen-bond donors (Lipinski definition) is 1. The fourth-order valence-corrected chi connectivity index (χ4v) is 2.88. The summed E-state index contributed by atoms with van der Waals surface area (Å²) in [6.45, 7) is 3.82. The maximum atomic E-state index is 6.00. The van der Waals surface area contributed by atoms with Crippen LogP contribution in [0.1, 0.15) is 44.2 Å². The standard InChI is InChI=1S/C15H21NO2/c1-2-16-14-10-17-15-9-12(7-8-13(14)15)18-11-5-3-4-6-11/h7-9,11,14,16H,2-6,10H2,1H3. The molecule has 0 radical (unpaired) electrons. The third-order valence-corrected chi connectivity index (χ3v) is 3.82. The van der Waals surface area contributed by atoms with Crippen LogP contribution in [0, 0.1) is 0 Å². The van der Waals surface area contributed by atoms with Crippen LogP contribution in [-0.4, -0.2) is 19.3 Å². The van der Waals surface area contributed by atoms with Crippen molar-refractivity contribution < 1.29 is 9.47 Å². The highest BCUT2D eigenvalue weighted by Gasteiger charge is 2.24. The molecule has 2 aliphatic rings. The molecule has 1 atom stereocenters. The molecule has 1 aliphatic carbocycles. The number of nitrogens with one attached hydrogen (secondary N) is 1. The van der Waals surface area contributed by atoms with Gasteiger partial charge in [-0.25, -0.2) is 0 Å². The minimum absolute atomic E-state index is 0.338. The van der Waals surface area contributed by atoms with Crippen molar-refractivity contribution in [1.29, 1.82) is 0 Å². The second-order valence-corrected chi connectivity index (χ2v) is 5.15. The van der Waals surface area contributed by atoms with Crippen molar-refractivity contribution in [2.45, 2.75) is 44.8 Å². The van der Waals surface area contributed by atoms with Crippen molar-refractivity contribution in [3.8, 4) is 11.5 Å². The molecule has 0 spiro atoms. The lowest BCUT2D eigenvalue weighted by atomic mass is 10.1. The second kappa shape index (κ2) is 5.19. The lowest BCUT2D eigenvalue weighted by Gasteiger charge is -2.14. The Balaban J connectivity index is 1.71. The zero-order valence-corrected chi connectivity index (χ0v) is 10.9. The molecule has 1 fully saturated rings. The number of likely N-dealkylation sites (N-methyl/N-ethyl adjacent to an activating group) is 1. The van der Waals surface area contributed by atoms with E-state index < -0.39 is 0 Å². The van der Waals surface area contributed by atoms with Gasteiger partial charge in [0.1, 0.15) is 18.1 Å². The maximum absolute atomic E-state index is 6.00. The van der Waals surface area contributed by atoms with E-state index in [0.717, 1.165) is 24.7 Å². The molecule has 1 aromatic carbocycles. The normalized spacial score (nSPS) is 22.8. The molecule has 1 aromatic rings. The molecule has 98 valence electrons. The van der Waals surface area contributed by atoms with Crippen LogP contribution in [0.5, 0.6) is 11.5 Å². The first-order valence-electron chi connectivity index (χ1n) is 7.03. The molecule has 3 rings (SSSR count). The minimum atomic E-state index is 0.338. The highest BCUT2D eigenvalue weighted by atomic mass is 16.5. The molecule has 1 aliphatic heterocycles. The molecular weight excluding hydrogens is 226 g/mol. The predicted molar refractivity (Wildman–Crippen MR) is 71.2 cm³/mol. The minimum Gasteiger partial charge on any atom is -0.491 e. The molecule has 0 saturated heterocycles. The monoisotopic (exact) mass is 247 g/mol. The van der Waals surface area contributed by atoms with E-state index in [1.807, 2.05) is 6.07 Å². The Morgan fingerprint density at radius 3 is 2.94 bits per heavy atom.